The SMILES string of the molecule is Cc1cc(NC(=O)Cc2ccccc2)nn1Cc1cc(Cl)ccc1OCC(C)C. The smallest absolute Gasteiger partial charge is 0.229 e. The van der Waals surface area contributed by atoms with Crippen LogP contribution in [-0.2, 0) is 17.8 Å². The van der Waals surface area contributed by atoms with Gasteiger partial charge in [-0.1, -0.05) is 55.8 Å². The highest BCUT2D eigenvalue weighted by atomic mass is 35.5. The summed E-state index contributed by atoms with van der Waals surface area (Å²) in [6.45, 7) is 7.32. The van der Waals surface area contributed by atoms with Gasteiger partial charge in [0.15, 0.2) is 5.82 Å². The topological polar surface area (TPSA) is 56.2 Å². The van der Waals surface area contributed by atoms with Crippen molar-refractivity contribution in [2.45, 2.75) is 33.7 Å². The minimum Gasteiger partial charge on any atom is -0.493 e. The van der Waals surface area contributed by atoms with Crippen molar-refractivity contribution in [1.82, 2.24) is 9.78 Å². The molecule has 152 valence electrons. The molecule has 0 saturated heterocycles. The van der Waals surface area contributed by atoms with E-state index in [0.717, 1.165) is 22.6 Å². The molecule has 1 amide bonds. The Hall–Kier alpha value is -2.79. The van der Waals surface area contributed by atoms with Crippen molar-refractivity contribution in [3.8, 4) is 5.75 Å². The van der Waals surface area contributed by atoms with E-state index in [1.54, 1.807) is 0 Å². The first-order chi connectivity index (χ1) is 13.9. The van der Waals surface area contributed by atoms with Crippen LogP contribution in [0, 0.1) is 12.8 Å². The van der Waals surface area contributed by atoms with E-state index >= 15 is 0 Å². The number of nitrogens with zero attached hydrogens (tertiary/aromatic N) is 2. The predicted molar refractivity (Wildman–Crippen MR) is 117 cm³/mol. The lowest BCUT2D eigenvalue weighted by Gasteiger charge is -2.14. The van der Waals surface area contributed by atoms with Crippen LogP contribution < -0.4 is 10.1 Å². The van der Waals surface area contributed by atoms with Gasteiger partial charge in [0.1, 0.15) is 5.75 Å². The van der Waals surface area contributed by atoms with Crippen LogP contribution >= 0.6 is 11.6 Å². The van der Waals surface area contributed by atoms with Crippen LogP contribution in [0.15, 0.2) is 54.6 Å². The number of nitrogens with one attached hydrogen (secondary N) is 1. The third kappa shape index (κ3) is 6.09. The van der Waals surface area contributed by atoms with Gasteiger partial charge in [0.05, 0.1) is 19.6 Å². The summed E-state index contributed by atoms with van der Waals surface area (Å²) in [5, 5.41) is 8.07. The van der Waals surface area contributed by atoms with Gasteiger partial charge in [-0.2, -0.15) is 5.10 Å². The summed E-state index contributed by atoms with van der Waals surface area (Å²) in [4.78, 5) is 12.3. The fraction of sp³-hybridized carbons (Fsp3) is 0.304. The number of carbonyl (C=O) groups is 1. The average molecular weight is 412 g/mol. The number of hydrogen-bond donors (Lipinski definition) is 1. The molecule has 0 aliphatic heterocycles. The molecule has 0 fully saturated rings. The number of aryl methyl sites for hydroxylation is 1. The molecule has 0 atom stereocenters. The Morgan fingerprint density at radius 3 is 2.66 bits per heavy atom. The summed E-state index contributed by atoms with van der Waals surface area (Å²) < 4.78 is 7.77. The molecule has 1 N–H and O–H groups in total. The number of ether oxygens (including phenoxy) is 1. The van der Waals surface area contributed by atoms with Gasteiger partial charge in [-0.3, -0.25) is 9.48 Å². The maximum absolute atomic E-state index is 12.3. The molecule has 0 bridgehead atoms. The minimum absolute atomic E-state index is 0.0930. The van der Waals surface area contributed by atoms with E-state index in [9.17, 15) is 4.79 Å². The lowest BCUT2D eigenvalue weighted by Crippen LogP contribution is -2.15. The van der Waals surface area contributed by atoms with Crippen molar-refractivity contribution in [3.63, 3.8) is 0 Å². The molecule has 1 heterocycles. The normalized spacial score (nSPS) is 10.9. The predicted octanol–water partition coefficient (Wildman–Crippen LogP) is 5.11. The number of rotatable bonds is 8. The summed E-state index contributed by atoms with van der Waals surface area (Å²) in [6.07, 6.45) is 0.314. The zero-order chi connectivity index (χ0) is 20.8. The van der Waals surface area contributed by atoms with Crippen LogP contribution in [0.4, 0.5) is 5.82 Å². The van der Waals surface area contributed by atoms with Gasteiger partial charge in [0, 0.05) is 22.3 Å². The molecule has 3 aromatic rings. The van der Waals surface area contributed by atoms with E-state index in [1.165, 1.54) is 0 Å². The third-order valence-electron chi connectivity index (χ3n) is 4.37. The monoisotopic (exact) mass is 411 g/mol. The number of aromatic nitrogens is 2. The second-order valence-corrected chi connectivity index (χ2v) is 7.93. The number of halogens is 1. The fourth-order valence-electron chi connectivity index (χ4n) is 2.93. The average Bonchev–Trinajstić information content (AvgIpc) is 3.00. The molecular weight excluding hydrogens is 386 g/mol. The maximum Gasteiger partial charge on any atom is 0.229 e. The van der Waals surface area contributed by atoms with Crippen molar-refractivity contribution in [1.29, 1.82) is 0 Å². The largest absolute Gasteiger partial charge is 0.493 e. The third-order valence-corrected chi connectivity index (χ3v) is 4.61. The molecule has 0 spiro atoms. The van der Waals surface area contributed by atoms with Crippen LogP contribution in [0.25, 0.3) is 0 Å². The number of benzene rings is 2. The zero-order valence-electron chi connectivity index (χ0n) is 17.0. The summed E-state index contributed by atoms with van der Waals surface area (Å²) in [6, 6.07) is 17.1. The second-order valence-electron chi connectivity index (χ2n) is 7.50. The van der Waals surface area contributed by atoms with E-state index in [0.29, 0.717) is 36.3 Å². The Balaban J connectivity index is 1.70. The lowest BCUT2D eigenvalue weighted by atomic mass is 10.1. The summed E-state index contributed by atoms with van der Waals surface area (Å²) in [5.41, 5.74) is 2.85. The van der Waals surface area contributed by atoms with Gasteiger partial charge in [0.25, 0.3) is 0 Å². The molecule has 6 heteroatoms. The van der Waals surface area contributed by atoms with E-state index < -0.39 is 0 Å². The van der Waals surface area contributed by atoms with Crippen molar-refractivity contribution >= 4 is 23.3 Å². The molecule has 5 nitrogen and oxygen atoms in total. The van der Waals surface area contributed by atoms with E-state index in [2.05, 4.69) is 24.3 Å². The Bertz CT molecular complexity index is 968. The molecule has 0 aliphatic rings. The first-order valence-electron chi connectivity index (χ1n) is 9.70. The molecule has 0 saturated carbocycles. The highest BCUT2D eigenvalue weighted by molar-refractivity contribution is 6.30. The first-order valence-corrected chi connectivity index (χ1v) is 10.1. The Kier molecular flexibility index (Phi) is 6.94. The molecule has 0 unspecified atom stereocenters. The van der Waals surface area contributed by atoms with Gasteiger partial charge < -0.3 is 10.1 Å². The molecule has 3 rings (SSSR count). The van der Waals surface area contributed by atoms with Crippen LogP contribution in [0.1, 0.15) is 30.7 Å². The van der Waals surface area contributed by atoms with Crippen molar-refractivity contribution in [3.05, 3.63) is 76.4 Å². The van der Waals surface area contributed by atoms with Gasteiger partial charge in [-0.15, -0.1) is 0 Å². The highest BCUT2D eigenvalue weighted by Gasteiger charge is 2.12. The number of amides is 1. The van der Waals surface area contributed by atoms with Gasteiger partial charge in [-0.05, 0) is 36.6 Å². The van der Waals surface area contributed by atoms with Crippen LogP contribution in [0.3, 0.4) is 0 Å². The van der Waals surface area contributed by atoms with E-state index in [1.807, 2.05) is 66.2 Å². The summed E-state index contributed by atoms with van der Waals surface area (Å²) in [7, 11) is 0. The number of hydrogen-bond acceptors (Lipinski definition) is 3. The van der Waals surface area contributed by atoms with Crippen LogP contribution in [0.2, 0.25) is 5.02 Å². The van der Waals surface area contributed by atoms with Crippen molar-refractivity contribution in [2.24, 2.45) is 5.92 Å². The van der Waals surface area contributed by atoms with Crippen LogP contribution in [-0.4, -0.2) is 22.3 Å². The summed E-state index contributed by atoms with van der Waals surface area (Å²) >= 11 is 6.19. The van der Waals surface area contributed by atoms with Gasteiger partial charge in [-0.25, -0.2) is 0 Å². The van der Waals surface area contributed by atoms with Crippen molar-refractivity contribution in [2.75, 3.05) is 11.9 Å². The maximum atomic E-state index is 12.3. The molecular formula is C23H26ClN3O2. The van der Waals surface area contributed by atoms with E-state index in [-0.39, 0.29) is 5.91 Å². The molecule has 0 aliphatic carbocycles. The molecule has 1 aromatic heterocycles. The number of anilines is 1. The minimum atomic E-state index is -0.0930. The standard InChI is InChI=1S/C23H26ClN3O2/c1-16(2)15-29-21-10-9-20(24)13-19(21)14-27-17(3)11-22(26-27)25-23(28)12-18-7-5-4-6-8-18/h4-11,13,16H,12,14-15H2,1-3H3,(H,25,26,28). The zero-order valence-corrected chi connectivity index (χ0v) is 17.7. The van der Waals surface area contributed by atoms with Crippen molar-refractivity contribution < 1.29 is 9.53 Å². The Labute approximate surface area is 176 Å². The quantitative estimate of drug-likeness (QED) is 0.560. The highest BCUT2D eigenvalue weighted by Crippen LogP contribution is 2.25. The Morgan fingerprint density at radius 1 is 1.17 bits per heavy atom. The molecule has 29 heavy (non-hydrogen) atoms. The fourth-order valence-corrected chi connectivity index (χ4v) is 3.12. The number of carbonyl (C=O) groups excluding carboxylic acids is 1. The lowest BCUT2D eigenvalue weighted by molar-refractivity contribution is -0.115. The van der Waals surface area contributed by atoms with Gasteiger partial charge in [0.2, 0.25) is 5.91 Å². The van der Waals surface area contributed by atoms with Crippen LogP contribution in [0.5, 0.6) is 5.75 Å². The molecule has 0 radical (unpaired) electrons. The molecule has 2 aromatic carbocycles. The van der Waals surface area contributed by atoms with Gasteiger partial charge >= 0.3 is 0 Å². The first kappa shape index (κ1) is 20.9. The second kappa shape index (κ2) is 9.61. The van der Waals surface area contributed by atoms with E-state index in [4.69, 9.17) is 16.3 Å². The summed E-state index contributed by atoms with van der Waals surface area (Å²) in [5.74, 6) is 1.67. The Morgan fingerprint density at radius 2 is 1.93 bits per heavy atom.